The second kappa shape index (κ2) is 7.39. The van der Waals surface area contributed by atoms with Gasteiger partial charge in [0.05, 0.1) is 6.20 Å². The number of hydrogen-bond donors (Lipinski definition) is 1. The van der Waals surface area contributed by atoms with Crippen molar-refractivity contribution in [3.63, 3.8) is 0 Å². The molecule has 6 heteroatoms. The van der Waals surface area contributed by atoms with E-state index in [2.05, 4.69) is 32.9 Å². The monoisotopic (exact) mass is 434 g/mol. The first-order chi connectivity index (χ1) is 11.6. The van der Waals surface area contributed by atoms with Crippen molar-refractivity contribution in [1.82, 2.24) is 4.98 Å². The molecule has 0 aliphatic heterocycles. The quantitative estimate of drug-likeness (QED) is 0.597. The first-order valence-electron chi connectivity index (χ1n) is 7.05. The summed E-state index contributed by atoms with van der Waals surface area (Å²) in [6, 6.07) is 14.3. The van der Waals surface area contributed by atoms with E-state index in [1.54, 1.807) is 30.6 Å². The van der Waals surface area contributed by atoms with Crippen LogP contribution in [-0.4, -0.2) is 10.9 Å². The number of ether oxygens (including phenoxy) is 1. The SMILES string of the molecule is O=C(Nc1cc(I)cc(Oc2cccnc2)c1)c1ccc(F)cc1. The molecule has 2 aromatic carbocycles. The van der Waals surface area contributed by atoms with E-state index in [1.807, 2.05) is 12.1 Å². The fourth-order valence-electron chi connectivity index (χ4n) is 2.04. The average Bonchev–Trinajstić information content (AvgIpc) is 2.55. The number of carbonyl (C=O) groups excluding carboxylic acids is 1. The number of rotatable bonds is 4. The topological polar surface area (TPSA) is 51.2 Å². The first kappa shape index (κ1) is 16.4. The minimum atomic E-state index is -0.382. The third-order valence-corrected chi connectivity index (χ3v) is 3.73. The Balaban J connectivity index is 1.78. The summed E-state index contributed by atoms with van der Waals surface area (Å²) in [4.78, 5) is 16.2. The van der Waals surface area contributed by atoms with Crippen molar-refractivity contribution < 1.29 is 13.9 Å². The fraction of sp³-hybridized carbons (Fsp3) is 0. The molecule has 1 heterocycles. The standard InChI is InChI=1S/C18H12FIN2O2/c19-13-5-3-12(4-6-13)18(23)22-15-8-14(20)9-17(10-15)24-16-2-1-7-21-11-16/h1-11H,(H,22,23). The number of halogens is 2. The Labute approximate surface area is 151 Å². The van der Waals surface area contributed by atoms with E-state index in [1.165, 1.54) is 24.3 Å². The lowest BCUT2D eigenvalue weighted by atomic mass is 10.2. The van der Waals surface area contributed by atoms with E-state index < -0.39 is 0 Å². The maximum atomic E-state index is 12.9. The molecular formula is C18H12FIN2O2. The lowest BCUT2D eigenvalue weighted by Crippen LogP contribution is -2.12. The number of amides is 1. The molecular weight excluding hydrogens is 422 g/mol. The zero-order valence-corrected chi connectivity index (χ0v) is 14.5. The van der Waals surface area contributed by atoms with E-state index in [4.69, 9.17) is 4.74 Å². The number of benzene rings is 2. The molecule has 3 rings (SSSR count). The minimum absolute atomic E-state index is 0.315. The van der Waals surface area contributed by atoms with Crippen molar-refractivity contribution in [3.8, 4) is 11.5 Å². The molecule has 0 saturated carbocycles. The van der Waals surface area contributed by atoms with Crippen LogP contribution in [0.2, 0.25) is 0 Å². The lowest BCUT2D eigenvalue weighted by molar-refractivity contribution is 0.102. The normalized spacial score (nSPS) is 10.2. The van der Waals surface area contributed by atoms with Crippen LogP contribution in [-0.2, 0) is 0 Å². The van der Waals surface area contributed by atoms with Crippen molar-refractivity contribution in [2.24, 2.45) is 0 Å². The highest BCUT2D eigenvalue weighted by atomic mass is 127. The number of hydrogen-bond acceptors (Lipinski definition) is 3. The van der Waals surface area contributed by atoms with Crippen molar-refractivity contribution in [3.05, 3.63) is 81.9 Å². The molecule has 0 spiro atoms. The smallest absolute Gasteiger partial charge is 0.255 e. The Bertz CT molecular complexity index is 855. The van der Waals surface area contributed by atoms with E-state index in [-0.39, 0.29) is 11.7 Å². The number of nitrogens with one attached hydrogen (secondary N) is 1. The van der Waals surface area contributed by atoms with Crippen LogP contribution < -0.4 is 10.1 Å². The summed E-state index contributed by atoms with van der Waals surface area (Å²) in [5.41, 5.74) is 0.972. The van der Waals surface area contributed by atoms with E-state index in [0.29, 0.717) is 22.7 Å². The van der Waals surface area contributed by atoms with Crippen molar-refractivity contribution >= 4 is 34.2 Å². The van der Waals surface area contributed by atoms with Crippen molar-refractivity contribution in [2.75, 3.05) is 5.32 Å². The predicted molar refractivity (Wildman–Crippen MR) is 97.8 cm³/mol. The largest absolute Gasteiger partial charge is 0.456 e. The molecule has 24 heavy (non-hydrogen) atoms. The summed E-state index contributed by atoms with van der Waals surface area (Å²) in [5.74, 6) is 0.497. The van der Waals surface area contributed by atoms with Crippen LogP contribution in [0.4, 0.5) is 10.1 Å². The van der Waals surface area contributed by atoms with Crippen molar-refractivity contribution in [2.45, 2.75) is 0 Å². The predicted octanol–water partition coefficient (Wildman–Crippen LogP) is 4.87. The average molecular weight is 434 g/mol. The Kier molecular flexibility index (Phi) is 5.05. The van der Waals surface area contributed by atoms with E-state index in [0.717, 1.165) is 3.57 Å². The van der Waals surface area contributed by atoms with Crippen molar-refractivity contribution in [1.29, 1.82) is 0 Å². The molecule has 3 aromatic rings. The highest BCUT2D eigenvalue weighted by molar-refractivity contribution is 14.1. The lowest BCUT2D eigenvalue weighted by Gasteiger charge is -2.10. The maximum Gasteiger partial charge on any atom is 0.255 e. The van der Waals surface area contributed by atoms with Gasteiger partial charge in [-0.05, 0) is 71.1 Å². The van der Waals surface area contributed by atoms with Gasteiger partial charge in [-0.25, -0.2) is 4.39 Å². The zero-order chi connectivity index (χ0) is 16.9. The van der Waals surface area contributed by atoms with Crippen LogP contribution in [0, 0.1) is 9.39 Å². The zero-order valence-electron chi connectivity index (χ0n) is 12.4. The molecule has 0 unspecified atom stereocenters. The summed E-state index contributed by atoms with van der Waals surface area (Å²) in [7, 11) is 0. The Morgan fingerprint density at radius 1 is 1.08 bits per heavy atom. The van der Waals surface area contributed by atoms with Crippen LogP contribution in [0.5, 0.6) is 11.5 Å². The maximum absolute atomic E-state index is 12.9. The van der Waals surface area contributed by atoms with Crippen LogP contribution in [0.3, 0.4) is 0 Å². The Morgan fingerprint density at radius 2 is 1.88 bits per heavy atom. The second-order valence-electron chi connectivity index (χ2n) is 4.93. The van der Waals surface area contributed by atoms with E-state index in [9.17, 15) is 9.18 Å². The number of anilines is 1. The fourth-order valence-corrected chi connectivity index (χ4v) is 2.68. The van der Waals surface area contributed by atoms with Gasteiger partial charge in [-0.15, -0.1) is 0 Å². The van der Waals surface area contributed by atoms with Gasteiger partial charge in [-0.1, -0.05) is 0 Å². The van der Waals surface area contributed by atoms with Crippen LogP contribution in [0.1, 0.15) is 10.4 Å². The number of aromatic nitrogens is 1. The van der Waals surface area contributed by atoms with Gasteiger partial charge in [-0.2, -0.15) is 0 Å². The molecule has 0 radical (unpaired) electrons. The second-order valence-corrected chi connectivity index (χ2v) is 6.17. The molecule has 1 aromatic heterocycles. The van der Waals surface area contributed by atoms with Gasteiger partial charge in [0.15, 0.2) is 0 Å². The van der Waals surface area contributed by atoms with Gasteiger partial charge in [-0.3, -0.25) is 9.78 Å². The molecule has 1 amide bonds. The summed E-state index contributed by atoms with van der Waals surface area (Å²) >= 11 is 2.14. The van der Waals surface area contributed by atoms with E-state index >= 15 is 0 Å². The van der Waals surface area contributed by atoms with Crippen LogP contribution in [0.25, 0.3) is 0 Å². The summed E-state index contributed by atoms with van der Waals surface area (Å²) < 4.78 is 19.6. The number of carbonyl (C=O) groups is 1. The molecule has 0 fully saturated rings. The highest BCUT2D eigenvalue weighted by Crippen LogP contribution is 2.27. The van der Waals surface area contributed by atoms with Gasteiger partial charge >= 0.3 is 0 Å². The third-order valence-electron chi connectivity index (χ3n) is 3.11. The highest BCUT2D eigenvalue weighted by Gasteiger charge is 2.08. The van der Waals surface area contributed by atoms with Gasteiger partial charge in [0.2, 0.25) is 0 Å². The molecule has 4 nitrogen and oxygen atoms in total. The Morgan fingerprint density at radius 3 is 2.58 bits per heavy atom. The Hall–Kier alpha value is -2.48. The molecule has 0 aliphatic carbocycles. The van der Waals surface area contributed by atoms with Gasteiger partial charge in [0.1, 0.15) is 17.3 Å². The number of pyridine rings is 1. The first-order valence-corrected chi connectivity index (χ1v) is 8.13. The van der Waals surface area contributed by atoms with Gasteiger partial charge < -0.3 is 10.1 Å². The van der Waals surface area contributed by atoms with Crippen LogP contribution in [0.15, 0.2) is 67.0 Å². The molecule has 1 N–H and O–H groups in total. The summed E-state index contributed by atoms with van der Waals surface area (Å²) in [5, 5.41) is 2.78. The molecule has 0 atom stereocenters. The minimum Gasteiger partial charge on any atom is -0.456 e. The number of nitrogens with zero attached hydrogens (tertiary/aromatic N) is 1. The molecule has 0 aliphatic rings. The molecule has 0 saturated heterocycles. The third kappa shape index (κ3) is 4.29. The molecule has 0 bridgehead atoms. The summed E-state index contributed by atoms with van der Waals surface area (Å²) in [6.45, 7) is 0. The van der Waals surface area contributed by atoms with Crippen LogP contribution >= 0.6 is 22.6 Å². The molecule has 120 valence electrons. The summed E-state index contributed by atoms with van der Waals surface area (Å²) in [6.07, 6.45) is 3.27. The van der Waals surface area contributed by atoms with Gasteiger partial charge in [0, 0.05) is 27.1 Å². The van der Waals surface area contributed by atoms with Gasteiger partial charge in [0.25, 0.3) is 5.91 Å².